The number of nitrogens with two attached hydrogens (primary N) is 1. The van der Waals surface area contributed by atoms with E-state index in [1.165, 1.54) is 18.2 Å². The van der Waals surface area contributed by atoms with Gasteiger partial charge in [0, 0.05) is 17.1 Å². The number of nitrogens with one attached hydrogen (secondary N) is 2. The summed E-state index contributed by atoms with van der Waals surface area (Å²) in [6, 6.07) is 4.26. The van der Waals surface area contributed by atoms with Crippen LogP contribution in [0.3, 0.4) is 0 Å². The lowest BCUT2D eigenvalue weighted by Gasteiger charge is -2.28. The molecule has 0 spiro atoms. The molecule has 0 bridgehead atoms. The Labute approximate surface area is 152 Å². The van der Waals surface area contributed by atoms with Gasteiger partial charge >= 0.3 is 0 Å². The number of hydrogen-bond acceptors (Lipinski definition) is 5. The van der Waals surface area contributed by atoms with Crippen LogP contribution in [0.5, 0.6) is 5.75 Å². The number of hydrogen-bond donors (Lipinski definition) is 3. The van der Waals surface area contributed by atoms with E-state index in [-0.39, 0.29) is 40.2 Å². The molecule has 1 amide bonds. The van der Waals surface area contributed by atoms with E-state index >= 15 is 0 Å². The minimum atomic E-state index is -3.82. The Morgan fingerprint density at radius 1 is 1.50 bits per heavy atom. The van der Waals surface area contributed by atoms with Gasteiger partial charge in [0.1, 0.15) is 10.6 Å². The Morgan fingerprint density at radius 2 is 2.21 bits per heavy atom. The Bertz CT molecular complexity index is 685. The minimum Gasteiger partial charge on any atom is -0.482 e. The number of halogens is 2. The highest BCUT2D eigenvalue weighted by Gasteiger charge is 2.27. The van der Waals surface area contributed by atoms with Crippen molar-refractivity contribution in [1.82, 2.24) is 10.0 Å². The van der Waals surface area contributed by atoms with Gasteiger partial charge in [0.05, 0.1) is 0 Å². The van der Waals surface area contributed by atoms with Gasteiger partial charge in [0.2, 0.25) is 10.0 Å². The molecule has 0 radical (unpaired) electrons. The monoisotopic (exact) mass is 397 g/mol. The molecule has 2 atom stereocenters. The fourth-order valence-electron chi connectivity index (χ4n) is 2.48. The number of rotatable bonds is 6. The average Bonchev–Trinajstić information content (AvgIpc) is 2.45. The summed E-state index contributed by atoms with van der Waals surface area (Å²) >= 11 is 5.90. The van der Waals surface area contributed by atoms with Gasteiger partial charge in [0.15, 0.2) is 6.61 Å². The van der Waals surface area contributed by atoms with Crippen LogP contribution in [0.2, 0.25) is 5.02 Å². The molecule has 7 nitrogen and oxygen atoms in total. The molecule has 0 aromatic heterocycles. The third kappa shape index (κ3) is 5.78. The summed E-state index contributed by atoms with van der Waals surface area (Å²) in [6.07, 6.45) is 1.39. The summed E-state index contributed by atoms with van der Waals surface area (Å²) in [5.74, 6) is -0.647. The molecule has 2 unspecified atom stereocenters. The van der Waals surface area contributed by atoms with Crippen LogP contribution < -0.4 is 20.5 Å². The molecule has 1 aliphatic heterocycles. The molecule has 1 fully saturated rings. The van der Waals surface area contributed by atoms with E-state index in [0.29, 0.717) is 12.8 Å². The first kappa shape index (κ1) is 21.0. The first-order valence-corrected chi connectivity index (χ1v) is 9.10. The Morgan fingerprint density at radius 3 is 2.83 bits per heavy atom. The number of piperidine rings is 1. The van der Waals surface area contributed by atoms with E-state index in [1.807, 2.05) is 6.92 Å². The first-order valence-electron chi connectivity index (χ1n) is 7.24. The fourth-order valence-corrected chi connectivity index (χ4v) is 4.17. The van der Waals surface area contributed by atoms with Crippen molar-refractivity contribution in [2.45, 2.75) is 36.7 Å². The highest BCUT2D eigenvalue weighted by Crippen LogP contribution is 2.28. The van der Waals surface area contributed by atoms with Gasteiger partial charge in [-0.3, -0.25) is 4.79 Å². The number of carbonyl (C=O) groups is 1. The van der Waals surface area contributed by atoms with Gasteiger partial charge in [0.25, 0.3) is 5.91 Å². The Balaban J connectivity index is 0.00000288. The van der Waals surface area contributed by atoms with Crippen LogP contribution in [0.4, 0.5) is 0 Å². The molecule has 0 saturated carbocycles. The van der Waals surface area contributed by atoms with Crippen LogP contribution in [0, 0.1) is 0 Å². The van der Waals surface area contributed by atoms with Crippen molar-refractivity contribution < 1.29 is 17.9 Å². The van der Waals surface area contributed by atoms with Crippen molar-refractivity contribution in [2.24, 2.45) is 5.73 Å². The zero-order valence-corrected chi connectivity index (χ0v) is 15.5. The standard InChI is InChI=1S/C14H20ClN3O4S.ClH/c1-9-6-11(4-5-17-9)18-23(20,21)13-7-10(15)2-3-12(13)22-8-14(16)19;/h2-3,7,9,11,17-18H,4-6,8H2,1H3,(H2,16,19);1H. The summed E-state index contributed by atoms with van der Waals surface area (Å²) < 4.78 is 33.1. The maximum Gasteiger partial charge on any atom is 0.255 e. The van der Waals surface area contributed by atoms with Crippen molar-refractivity contribution in [1.29, 1.82) is 0 Å². The van der Waals surface area contributed by atoms with Crippen molar-refractivity contribution in [3.8, 4) is 5.75 Å². The molecular weight excluding hydrogens is 377 g/mol. The van der Waals surface area contributed by atoms with Gasteiger partial charge in [-0.2, -0.15) is 0 Å². The van der Waals surface area contributed by atoms with Crippen molar-refractivity contribution in [3.05, 3.63) is 23.2 Å². The topological polar surface area (TPSA) is 111 Å². The third-order valence-electron chi connectivity index (χ3n) is 3.51. The highest BCUT2D eigenvalue weighted by molar-refractivity contribution is 7.89. The maximum absolute atomic E-state index is 12.6. The lowest BCUT2D eigenvalue weighted by molar-refractivity contribution is -0.120. The molecule has 1 aromatic carbocycles. The lowest BCUT2D eigenvalue weighted by Crippen LogP contribution is -2.46. The molecule has 1 heterocycles. The van der Waals surface area contributed by atoms with Crippen molar-refractivity contribution in [3.63, 3.8) is 0 Å². The third-order valence-corrected chi connectivity index (χ3v) is 5.29. The number of amides is 1. The van der Waals surface area contributed by atoms with E-state index in [1.54, 1.807) is 0 Å². The molecule has 24 heavy (non-hydrogen) atoms. The molecule has 136 valence electrons. The number of ether oxygens (including phenoxy) is 1. The van der Waals surface area contributed by atoms with E-state index in [0.717, 1.165) is 6.54 Å². The molecule has 10 heteroatoms. The van der Waals surface area contributed by atoms with Crippen LogP contribution in [-0.2, 0) is 14.8 Å². The van der Waals surface area contributed by atoms with Crippen molar-refractivity contribution >= 4 is 39.9 Å². The second kappa shape index (κ2) is 8.87. The van der Waals surface area contributed by atoms with Crippen molar-refractivity contribution in [2.75, 3.05) is 13.2 Å². The summed E-state index contributed by atoms with van der Waals surface area (Å²) in [4.78, 5) is 10.8. The second-order valence-electron chi connectivity index (χ2n) is 5.54. The quantitative estimate of drug-likeness (QED) is 0.663. The Kier molecular flexibility index (Phi) is 7.75. The Hall–Kier alpha value is -1.06. The van der Waals surface area contributed by atoms with Gasteiger partial charge in [-0.1, -0.05) is 11.6 Å². The lowest BCUT2D eigenvalue weighted by atomic mass is 10.0. The number of benzene rings is 1. The summed E-state index contributed by atoms with van der Waals surface area (Å²) in [7, 11) is -3.82. The van der Waals surface area contributed by atoms with Crippen LogP contribution in [0.1, 0.15) is 19.8 Å². The molecule has 1 aromatic rings. The fraction of sp³-hybridized carbons (Fsp3) is 0.500. The SMILES string of the molecule is CC1CC(NS(=O)(=O)c2cc(Cl)ccc2OCC(N)=O)CCN1.Cl. The minimum absolute atomic E-state index is 0. The van der Waals surface area contributed by atoms with Gasteiger partial charge in [-0.05, 0) is 44.5 Å². The van der Waals surface area contributed by atoms with E-state index in [4.69, 9.17) is 22.1 Å². The number of sulfonamides is 1. The van der Waals surface area contributed by atoms with Crippen LogP contribution in [-0.4, -0.2) is 39.6 Å². The highest BCUT2D eigenvalue weighted by atomic mass is 35.5. The molecule has 2 rings (SSSR count). The summed E-state index contributed by atoms with van der Waals surface area (Å²) in [5, 5.41) is 3.52. The van der Waals surface area contributed by atoms with Crippen LogP contribution in [0.15, 0.2) is 23.1 Å². The zero-order chi connectivity index (χ0) is 17.0. The second-order valence-corrected chi connectivity index (χ2v) is 7.66. The number of primary amides is 1. The molecule has 0 aliphatic carbocycles. The molecule has 4 N–H and O–H groups in total. The van der Waals surface area contributed by atoms with E-state index in [9.17, 15) is 13.2 Å². The normalized spacial score (nSPS) is 20.9. The zero-order valence-electron chi connectivity index (χ0n) is 13.1. The molecular formula is C14H21Cl2N3O4S. The van der Waals surface area contributed by atoms with Crippen LogP contribution >= 0.6 is 24.0 Å². The van der Waals surface area contributed by atoms with E-state index < -0.39 is 22.5 Å². The van der Waals surface area contributed by atoms with Gasteiger partial charge in [-0.25, -0.2) is 13.1 Å². The first-order chi connectivity index (χ1) is 10.8. The number of carbonyl (C=O) groups excluding carboxylic acids is 1. The predicted octanol–water partition coefficient (Wildman–Crippen LogP) is 1.04. The van der Waals surface area contributed by atoms with E-state index in [2.05, 4.69) is 10.0 Å². The van der Waals surface area contributed by atoms with Gasteiger partial charge in [-0.15, -0.1) is 12.4 Å². The smallest absolute Gasteiger partial charge is 0.255 e. The predicted molar refractivity (Wildman–Crippen MR) is 94.2 cm³/mol. The summed E-state index contributed by atoms with van der Waals surface area (Å²) in [6.45, 7) is 2.34. The average molecular weight is 398 g/mol. The van der Waals surface area contributed by atoms with Gasteiger partial charge < -0.3 is 15.8 Å². The molecule has 1 aliphatic rings. The largest absolute Gasteiger partial charge is 0.482 e. The summed E-state index contributed by atoms with van der Waals surface area (Å²) in [5.41, 5.74) is 5.03. The molecule has 1 saturated heterocycles. The van der Waals surface area contributed by atoms with Crippen LogP contribution in [0.25, 0.3) is 0 Å². The maximum atomic E-state index is 12.6.